The maximum Gasteiger partial charge on any atom is 0.335 e. The van der Waals surface area contributed by atoms with E-state index in [0.717, 1.165) is 4.31 Å². The molecule has 176 valence electrons. The zero-order chi connectivity index (χ0) is 24.7. The molecule has 0 bridgehead atoms. The van der Waals surface area contributed by atoms with Gasteiger partial charge in [0.05, 0.1) is 23.2 Å². The van der Waals surface area contributed by atoms with Crippen molar-refractivity contribution in [3.8, 4) is 0 Å². The summed E-state index contributed by atoms with van der Waals surface area (Å²) in [5, 5.41) is 13.0. The van der Waals surface area contributed by atoms with Crippen LogP contribution >= 0.6 is 11.6 Å². The highest BCUT2D eigenvalue weighted by atomic mass is 35.5. The number of benzene rings is 3. The van der Waals surface area contributed by atoms with Crippen molar-refractivity contribution in [2.24, 2.45) is 5.10 Å². The number of carbonyl (C=O) groups excluding carboxylic acids is 1. The summed E-state index contributed by atoms with van der Waals surface area (Å²) in [5.74, 6) is -2.44. The lowest BCUT2D eigenvalue weighted by Gasteiger charge is -2.21. The third kappa shape index (κ3) is 6.47. The molecule has 2 N–H and O–H groups in total. The Morgan fingerprint density at radius 1 is 1.03 bits per heavy atom. The van der Waals surface area contributed by atoms with Gasteiger partial charge in [-0.2, -0.15) is 9.41 Å². The SMILES string of the molecule is O=C(CN(Cc1ccccc1F)S(=O)(=O)c1ccc(Cl)cc1)NN=Cc1ccc(C(=O)O)cc1. The average Bonchev–Trinajstić information content (AvgIpc) is 2.80. The van der Waals surface area contributed by atoms with E-state index in [0.29, 0.717) is 10.6 Å². The molecule has 34 heavy (non-hydrogen) atoms. The molecule has 3 aromatic rings. The fourth-order valence-electron chi connectivity index (χ4n) is 2.88. The Hall–Kier alpha value is -3.60. The van der Waals surface area contributed by atoms with Gasteiger partial charge in [0, 0.05) is 17.1 Å². The van der Waals surface area contributed by atoms with Crippen LogP contribution in [0.4, 0.5) is 4.39 Å². The molecule has 0 radical (unpaired) electrons. The molecule has 0 aliphatic carbocycles. The summed E-state index contributed by atoms with van der Waals surface area (Å²) in [6.45, 7) is -1.01. The van der Waals surface area contributed by atoms with Crippen LogP contribution in [0, 0.1) is 5.82 Å². The van der Waals surface area contributed by atoms with Crippen molar-refractivity contribution in [2.45, 2.75) is 11.4 Å². The molecule has 0 unspecified atom stereocenters. The fourth-order valence-corrected chi connectivity index (χ4v) is 4.38. The second-order valence-electron chi connectivity index (χ2n) is 7.04. The van der Waals surface area contributed by atoms with Gasteiger partial charge in [-0.1, -0.05) is 41.9 Å². The molecule has 3 aromatic carbocycles. The minimum atomic E-state index is -4.18. The molecular formula is C23H19ClFN3O5S. The van der Waals surface area contributed by atoms with Crippen LogP contribution in [0.15, 0.2) is 82.8 Å². The van der Waals surface area contributed by atoms with Gasteiger partial charge in [-0.15, -0.1) is 0 Å². The number of halogens is 2. The maximum atomic E-state index is 14.2. The van der Waals surface area contributed by atoms with Crippen molar-refractivity contribution in [3.05, 3.63) is 100 Å². The van der Waals surface area contributed by atoms with E-state index in [-0.39, 0.29) is 22.6 Å². The predicted octanol–water partition coefficient (Wildman–Crippen LogP) is 3.52. The Labute approximate surface area is 200 Å². The molecule has 3 rings (SSSR count). The number of sulfonamides is 1. The Kier molecular flexibility index (Phi) is 8.11. The number of hydrazone groups is 1. The van der Waals surface area contributed by atoms with Crippen molar-refractivity contribution < 1.29 is 27.5 Å². The Morgan fingerprint density at radius 2 is 1.68 bits per heavy atom. The first-order valence-electron chi connectivity index (χ1n) is 9.81. The zero-order valence-electron chi connectivity index (χ0n) is 17.6. The Morgan fingerprint density at radius 3 is 2.29 bits per heavy atom. The number of carbonyl (C=O) groups is 2. The molecule has 8 nitrogen and oxygen atoms in total. The number of nitrogens with one attached hydrogen (secondary N) is 1. The van der Waals surface area contributed by atoms with Gasteiger partial charge in [0.1, 0.15) is 5.82 Å². The summed E-state index contributed by atoms with van der Waals surface area (Å²) in [6.07, 6.45) is 1.28. The molecular weight excluding hydrogens is 485 g/mol. The first-order valence-corrected chi connectivity index (χ1v) is 11.6. The quantitative estimate of drug-likeness (QED) is 0.342. The number of aromatic carboxylic acids is 1. The molecule has 0 spiro atoms. The lowest BCUT2D eigenvalue weighted by Crippen LogP contribution is -2.39. The lowest BCUT2D eigenvalue weighted by molar-refractivity contribution is -0.121. The van der Waals surface area contributed by atoms with Gasteiger partial charge in [-0.05, 0) is 48.0 Å². The molecule has 0 aromatic heterocycles. The van der Waals surface area contributed by atoms with Crippen LogP contribution in [0.3, 0.4) is 0 Å². The molecule has 11 heteroatoms. The highest BCUT2D eigenvalue weighted by Crippen LogP contribution is 2.21. The van der Waals surface area contributed by atoms with Gasteiger partial charge in [0.25, 0.3) is 5.91 Å². The summed E-state index contributed by atoms with van der Waals surface area (Å²) in [4.78, 5) is 23.3. The monoisotopic (exact) mass is 503 g/mol. The minimum Gasteiger partial charge on any atom is -0.478 e. The number of nitrogens with zero attached hydrogens (tertiary/aromatic N) is 2. The van der Waals surface area contributed by atoms with Crippen molar-refractivity contribution in [2.75, 3.05) is 6.54 Å². The highest BCUT2D eigenvalue weighted by Gasteiger charge is 2.27. The summed E-state index contributed by atoms with van der Waals surface area (Å²) in [7, 11) is -4.18. The third-order valence-corrected chi connectivity index (χ3v) is 6.69. The predicted molar refractivity (Wildman–Crippen MR) is 125 cm³/mol. The van der Waals surface area contributed by atoms with Gasteiger partial charge >= 0.3 is 5.97 Å². The van der Waals surface area contributed by atoms with Gasteiger partial charge in [-0.3, -0.25) is 4.79 Å². The van der Waals surface area contributed by atoms with E-state index in [1.54, 1.807) is 6.07 Å². The highest BCUT2D eigenvalue weighted by molar-refractivity contribution is 7.89. The van der Waals surface area contributed by atoms with Crippen LogP contribution in [0.2, 0.25) is 5.02 Å². The molecule has 1 amide bonds. The Balaban J connectivity index is 1.77. The average molecular weight is 504 g/mol. The van der Waals surface area contributed by atoms with E-state index >= 15 is 0 Å². The largest absolute Gasteiger partial charge is 0.478 e. The molecule has 0 aliphatic heterocycles. The number of carboxylic acid groups (broad SMARTS) is 1. The number of rotatable bonds is 9. The summed E-state index contributed by atoms with van der Waals surface area (Å²) in [5.41, 5.74) is 2.93. The third-order valence-electron chi connectivity index (χ3n) is 4.64. The van der Waals surface area contributed by atoms with E-state index in [1.165, 1.54) is 72.9 Å². The van der Waals surface area contributed by atoms with Crippen molar-refractivity contribution >= 4 is 39.7 Å². The molecule has 0 saturated heterocycles. The van der Waals surface area contributed by atoms with Crippen LogP contribution in [-0.2, 0) is 21.4 Å². The normalized spacial score (nSPS) is 11.6. The number of amides is 1. The van der Waals surface area contributed by atoms with E-state index in [4.69, 9.17) is 16.7 Å². The van der Waals surface area contributed by atoms with Gasteiger partial charge < -0.3 is 5.11 Å². The summed E-state index contributed by atoms with van der Waals surface area (Å²) < 4.78 is 41.4. The van der Waals surface area contributed by atoms with Crippen LogP contribution in [-0.4, -0.2) is 42.5 Å². The number of carboxylic acids is 1. The lowest BCUT2D eigenvalue weighted by atomic mass is 10.1. The maximum absolute atomic E-state index is 14.2. The van der Waals surface area contributed by atoms with Crippen LogP contribution in [0.1, 0.15) is 21.5 Å². The van der Waals surface area contributed by atoms with Crippen molar-refractivity contribution in [1.82, 2.24) is 9.73 Å². The summed E-state index contributed by atoms with van der Waals surface area (Å²) >= 11 is 5.84. The van der Waals surface area contributed by atoms with E-state index in [9.17, 15) is 22.4 Å². The van der Waals surface area contributed by atoms with Crippen molar-refractivity contribution in [1.29, 1.82) is 0 Å². The second kappa shape index (κ2) is 11.0. The second-order valence-corrected chi connectivity index (χ2v) is 9.41. The van der Waals surface area contributed by atoms with Crippen LogP contribution in [0.25, 0.3) is 0 Å². The topological polar surface area (TPSA) is 116 Å². The molecule has 0 atom stereocenters. The van der Waals surface area contributed by atoms with Crippen molar-refractivity contribution in [3.63, 3.8) is 0 Å². The first kappa shape index (κ1) is 25.0. The zero-order valence-corrected chi connectivity index (χ0v) is 19.1. The van der Waals surface area contributed by atoms with E-state index in [2.05, 4.69) is 10.5 Å². The van der Waals surface area contributed by atoms with Gasteiger partial charge in [-0.25, -0.2) is 23.0 Å². The molecule has 0 fully saturated rings. The standard InChI is InChI=1S/C23H19ClFN3O5S/c24-19-9-11-20(12-10-19)34(32,33)28(14-18-3-1-2-4-21(18)25)15-22(29)27-26-13-16-5-7-17(8-6-16)23(30)31/h1-13H,14-15H2,(H,27,29)(H,30,31). The molecule has 0 aliphatic rings. The number of hydrogen-bond donors (Lipinski definition) is 2. The summed E-state index contributed by atoms with van der Waals surface area (Å²) in [6, 6.07) is 16.8. The first-order chi connectivity index (χ1) is 16.2. The van der Waals surface area contributed by atoms with E-state index < -0.39 is 34.3 Å². The fraction of sp³-hybridized carbons (Fsp3) is 0.0870. The smallest absolute Gasteiger partial charge is 0.335 e. The molecule has 0 heterocycles. The Bertz CT molecular complexity index is 1310. The van der Waals surface area contributed by atoms with Gasteiger partial charge in [0.2, 0.25) is 10.0 Å². The van der Waals surface area contributed by atoms with E-state index in [1.807, 2.05) is 0 Å². The molecule has 0 saturated carbocycles. The number of hydrogen-bond acceptors (Lipinski definition) is 5. The van der Waals surface area contributed by atoms with Gasteiger partial charge in [0.15, 0.2) is 0 Å². The van der Waals surface area contributed by atoms with Crippen LogP contribution < -0.4 is 5.43 Å². The van der Waals surface area contributed by atoms with Crippen LogP contribution in [0.5, 0.6) is 0 Å². The minimum absolute atomic E-state index is 0.0925.